The van der Waals surface area contributed by atoms with Crippen molar-refractivity contribution in [2.45, 2.75) is 6.42 Å². The molecule has 0 atom stereocenters. The zero-order valence-corrected chi connectivity index (χ0v) is 8.08. The topological polar surface area (TPSA) is 45.4 Å². The van der Waals surface area contributed by atoms with Gasteiger partial charge in [0.1, 0.15) is 17.1 Å². The van der Waals surface area contributed by atoms with E-state index in [1.54, 1.807) is 12.1 Å². The fraction of sp³-hybridized carbons (Fsp3) is 0.273. The number of aromatic hydroxyl groups is 1. The molecule has 0 saturated heterocycles. The van der Waals surface area contributed by atoms with Crippen molar-refractivity contribution in [2.24, 2.45) is 0 Å². The van der Waals surface area contributed by atoms with E-state index in [1.165, 1.54) is 0 Å². The van der Waals surface area contributed by atoms with Crippen LogP contribution in [0.15, 0.2) is 28.7 Å². The first-order chi connectivity index (χ1) is 6.81. The number of benzene rings is 1. The van der Waals surface area contributed by atoms with Gasteiger partial charge in [-0.2, -0.15) is 0 Å². The van der Waals surface area contributed by atoms with Crippen LogP contribution in [0.25, 0.3) is 11.0 Å². The van der Waals surface area contributed by atoms with E-state index >= 15 is 0 Å². The van der Waals surface area contributed by atoms with Crippen LogP contribution in [0.5, 0.6) is 5.75 Å². The number of phenolic OH excluding ortho intramolecular Hbond substituents is 1. The Kier molecular flexibility index (Phi) is 2.41. The standard InChI is InChI=1S/C11H13NO2/c1-12-6-5-8-7-9-10(13)3-2-4-11(9)14-8/h2-4,7,12-13H,5-6H2,1H3. The first-order valence-electron chi connectivity index (χ1n) is 4.66. The summed E-state index contributed by atoms with van der Waals surface area (Å²) in [6, 6.07) is 7.20. The molecule has 0 aliphatic carbocycles. The van der Waals surface area contributed by atoms with E-state index in [-0.39, 0.29) is 5.75 Å². The average molecular weight is 191 g/mol. The van der Waals surface area contributed by atoms with Gasteiger partial charge in [0.2, 0.25) is 0 Å². The molecule has 0 unspecified atom stereocenters. The van der Waals surface area contributed by atoms with Crippen molar-refractivity contribution in [3.8, 4) is 5.75 Å². The predicted octanol–water partition coefficient (Wildman–Crippen LogP) is 1.90. The third kappa shape index (κ3) is 1.59. The molecular formula is C11H13NO2. The van der Waals surface area contributed by atoms with Gasteiger partial charge in [0.15, 0.2) is 0 Å². The van der Waals surface area contributed by atoms with Gasteiger partial charge in [0.25, 0.3) is 0 Å². The van der Waals surface area contributed by atoms with Gasteiger partial charge < -0.3 is 14.8 Å². The molecule has 14 heavy (non-hydrogen) atoms. The van der Waals surface area contributed by atoms with Gasteiger partial charge in [-0.1, -0.05) is 6.07 Å². The molecule has 3 nitrogen and oxygen atoms in total. The molecule has 1 aromatic heterocycles. The van der Waals surface area contributed by atoms with Crippen molar-refractivity contribution in [3.63, 3.8) is 0 Å². The molecule has 2 rings (SSSR count). The number of phenols is 1. The largest absolute Gasteiger partial charge is 0.507 e. The summed E-state index contributed by atoms with van der Waals surface area (Å²) in [6.45, 7) is 0.876. The summed E-state index contributed by atoms with van der Waals surface area (Å²) < 4.78 is 5.55. The highest BCUT2D eigenvalue weighted by Crippen LogP contribution is 2.27. The lowest BCUT2D eigenvalue weighted by atomic mass is 10.2. The van der Waals surface area contributed by atoms with Crippen LogP contribution in [0, 0.1) is 0 Å². The van der Waals surface area contributed by atoms with Gasteiger partial charge in [-0.05, 0) is 25.2 Å². The van der Waals surface area contributed by atoms with Crippen LogP contribution in [0.3, 0.4) is 0 Å². The van der Waals surface area contributed by atoms with Crippen LogP contribution in [0.4, 0.5) is 0 Å². The Labute approximate surface area is 82.3 Å². The number of likely N-dealkylation sites (N-methyl/N-ethyl adjacent to an activating group) is 1. The van der Waals surface area contributed by atoms with E-state index in [2.05, 4.69) is 5.32 Å². The van der Waals surface area contributed by atoms with Crippen LogP contribution in [-0.4, -0.2) is 18.7 Å². The van der Waals surface area contributed by atoms with E-state index in [1.807, 2.05) is 19.2 Å². The number of nitrogens with one attached hydrogen (secondary N) is 1. The Hall–Kier alpha value is -1.48. The van der Waals surface area contributed by atoms with Gasteiger partial charge in [-0.3, -0.25) is 0 Å². The first-order valence-corrected chi connectivity index (χ1v) is 4.66. The van der Waals surface area contributed by atoms with Crippen molar-refractivity contribution in [3.05, 3.63) is 30.0 Å². The maximum Gasteiger partial charge on any atom is 0.137 e. The summed E-state index contributed by atoms with van der Waals surface area (Å²) in [7, 11) is 1.90. The summed E-state index contributed by atoms with van der Waals surface area (Å²) in [5, 5.41) is 13.4. The van der Waals surface area contributed by atoms with Crippen molar-refractivity contribution in [2.75, 3.05) is 13.6 Å². The highest BCUT2D eigenvalue weighted by Gasteiger charge is 2.05. The molecular weight excluding hydrogens is 178 g/mol. The molecule has 0 fully saturated rings. The van der Waals surface area contributed by atoms with Crippen LogP contribution in [0.1, 0.15) is 5.76 Å². The predicted molar refractivity (Wildman–Crippen MR) is 55.5 cm³/mol. The fourth-order valence-electron chi connectivity index (χ4n) is 1.47. The number of furan rings is 1. The van der Waals surface area contributed by atoms with Crippen molar-refractivity contribution >= 4 is 11.0 Å². The van der Waals surface area contributed by atoms with Crippen LogP contribution in [-0.2, 0) is 6.42 Å². The SMILES string of the molecule is CNCCc1cc2c(O)cccc2o1. The zero-order valence-electron chi connectivity index (χ0n) is 8.08. The molecule has 1 aromatic carbocycles. The Morgan fingerprint density at radius 2 is 2.29 bits per heavy atom. The van der Waals surface area contributed by atoms with Gasteiger partial charge in [-0.25, -0.2) is 0 Å². The summed E-state index contributed by atoms with van der Waals surface area (Å²) in [5.41, 5.74) is 0.746. The minimum atomic E-state index is 0.280. The van der Waals surface area contributed by atoms with E-state index in [9.17, 15) is 5.11 Å². The van der Waals surface area contributed by atoms with Crippen molar-refractivity contribution in [1.29, 1.82) is 0 Å². The third-order valence-corrected chi connectivity index (χ3v) is 2.21. The molecule has 2 aromatic rings. The molecule has 2 N–H and O–H groups in total. The molecule has 0 spiro atoms. The molecule has 1 heterocycles. The van der Waals surface area contributed by atoms with E-state index in [4.69, 9.17) is 4.42 Å². The third-order valence-electron chi connectivity index (χ3n) is 2.21. The maximum atomic E-state index is 9.53. The summed E-state index contributed by atoms with van der Waals surface area (Å²) >= 11 is 0. The van der Waals surface area contributed by atoms with Crippen LogP contribution >= 0.6 is 0 Å². The minimum absolute atomic E-state index is 0.280. The lowest BCUT2D eigenvalue weighted by molar-refractivity contribution is 0.481. The van der Waals surface area contributed by atoms with Gasteiger partial charge in [0, 0.05) is 13.0 Å². The molecule has 74 valence electrons. The molecule has 0 saturated carbocycles. The van der Waals surface area contributed by atoms with Crippen molar-refractivity contribution < 1.29 is 9.52 Å². The van der Waals surface area contributed by atoms with E-state index in [0.29, 0.717) is 0 Å². The smallest absolute Gasteiger partial charge is 0.137 e. The fourth-order valence-corrected chi connectivity index (χ4v) is 1.47. The van der Waals surface area contributed by atoms with Gasteiger partial charge in [-0.15, -0.1) is 0 Å². The van der Waals surface area contributed by atoms with E-state index in [0.717, 1.165) is 29.7 Å². The normalized spacial score (nSPS) is 10.9. The Morgan fingerprint density at radius 1 is 1.43 bits per heavy atom. The molecule has 0 amide bonds. The molecule has 0 bridgehead atoms. The van der Waals surface area contributed by atoms with Crippen LogP contribution < -0.4 is 5.32 Å². The second-order valence-electron chi connectivity index (χ2n) is 3.26. The minimum Gasteiger partial charge on any atom is -0.507 e. The van der Waals surface area contributed by atoms with Crippen molar-refractivity contribution in [1.82, 2.24) is 5.32 Å². The molecule has 0 aliphatic heterocycles. The quantitative estimate of drug-likeness (QED) is 0.778. The average Bonchev–Trinajstić information content (AvgIpc) is 2.59. The highest BCUT2D eigenvalue weighted by atomic mass is 16.3. The maximum absolute atomic E-state index is 9.53. The number of hydrogen-bond acceptors (Lipinski definition) is 3. The lowest BCUT2D eigenvalue weighted by Gasteiger charge is -1.93. The second kappa shape index (κ2) is 3.72. The number of fused-ring (bicyclic) bond motifs is 1. The zero-order chi connectivity index (χ0) is 9.97. The van der Waals surface area contributed by atoms with Gasteiger partial charge >= 0.3 is 0 Å². The summed E-state index contributed by atoms with van der Waals surface area (Å²) in [6.07, 6.45) is 0.838. The van der Waals surface area contributed by atoms with E-state index < -0.39 is 0 Å². The molecule has 3 heteroatoms. The molecule has 0 aliphatic rings. The second-order valence-corrected chi connectivity index (χ2v) is 3.26. The van der Waals surface area contributed by atoms with Gasteiger partial charge in [0.05, 0.1) is 5.39 Å². The first kappa shape index (κ1) is 9.09. The monoisotopic (exact) mass is 191 g/mol. The Morgan fingerprint density at radius 3 is 3.00 bits per heavy atom. The summed E-state index contributed by atoms with van der Waals surface area (Å²) in [5.74, 6) is 1.18. The Balaban J connectivity index is 2.36. The number of hydrogen-bond donors (Lipinski definition) is 2. The molecule has 0 radical (unpaired) electrons. The Bertz CT molecular complexity index is 434. The summed E-state index contributed by atoms with van der Waals surface area (Å²) in [4.78, 5) is 0. The van der Waals surface area contributed by atoms with Crippen LogP contribution in [0.2, 0.25) is 0 Å². The number of rotatable bonds is 3. The highest BCUT2D eigenvalue weighted by molar-refractivity contribution is 5.84. The lowest BCUT2D eigenvalue weighted by Crippen LogP contribution is -2.09.